The molecular formula is C15H17BrClN3. The van der Waals surface area contributed by atoms with Crippen molar-refractivity contribution >= 4 is 27.5 Å². The fourth-order valence-corrected chi connectivity index (χ4v) is 2.98. The number of benzene rings is 1. The summed E-state index contributed by atoms with van der Waals surface area (Å²) in [6.45, 7) is 3.98. The van der Waals surface area contributed by atoms with Gasteiger partial charge in [0, 0.05) is 20.9 Å². The summed E-state index contributed by atoms with van der Waals surface area (Å²) in [5.74, 6) is 5.71. The van der Waals surface area contributed by atoms with E-state index in [9.17, 15) is 0 Å². The van der Waals surface area contributed by atoms with Crippen LogP contribution in [0.4, 0.5) is 0 Å². The lowest BCUT2D eigenvalue weighted by Gasteiger charge is -2.19. The Bertz CT molecular complexity index is 616. The fraction of sp³-hybridized carbons (Fsp3) is 0.267. The van der Waals surface area contributed by atoms with E-state index in [4.69, 9.17) is 17.4 Å². The Labute approximate surface area is 132 Å². The Kier molecular flexibility index (Phi) is 5.16. The lowest BCUT2D eigenvalue weighted by Crippen LogP contribution is -2.30. The summed E-state index contributed by atoms with van der Waals surface area (Å²) in [5.41, 5.74) is 7.00. The van der Waals surface area contributed by atoms with Crippen molar-refractivity contribution in [1.82, 2.24) is 10.4 Å². The van der Waals surface area contributed by atoms with Gasteiger partial charge < -0.3 is 0 Å². The highest BCUT2D eigenvalue weighted by molar-refractivity contribution is 9.10. The fourth-order valence-electron chi connectivity index (χ4n) is 2.23. The van der Waals surface area contributed by atoms with Gasteiger partial charge in [0.25, 0.3) is 0 Å². The monoisotopic (exact) mass is 353 g/mol. The molecule has 0 fully saturated rings. The number of rotatable bonds is 4. The molecule has 3 nitrogen and oxygen atoms in total. The van der Waals surface area contributed by atoms with Gasteiger partial charge in [-0.2, -0.15) is 0 Å². The van der Waals surface area contributed by atoms with E-state index in [1.165, 1.54) is 0 Å². The molecule has 3 N–H and O–H groups in total. The molecule has 20 heavy (non-hydrogen) atoms. The van der Waals surface area contributed by atoms with Crippen molar-refractivity contribution in [2.45, 2.75) is 26.3 Å². The highest BCUT2D eigenvalue weighted by atomic mass is 79.9. The van der Waals surface area contributed by atoms with Crippen molar-refractivity contribution in [2.75, 3.05) is 0 Å². The number of nitrogens with two attached hydrogens (primary N) is 1. The third kappa shape index (κ3) is 3.58. The van der Waals surface area contributed by atoms with Gasteiger partial charge in [0.15, 0.2) is 0 Å². The van der Waals surface area contributed by atoms with Gasteiger partial charge in [0.1, 0.15) is 0 Å². The minimum atomic E-state index is -0.0122. The van der Waals surface area contributed by atoms with E-state index in [1.807, 2.05) is 38.1 Å². The lowest BCUT2D eigenvalue weighted by atomic mass is 9.98. The Morgan fingerprint density at radius 3 is 2.65 bits per heavy atom. The second-order valence-electron chi connectivity index (χ2n) is 4.79. The molecule has 0 amide bonds. The Balaban J connectivity index is 2.28. The van der Waals surface area contributed by atoms with Crippen LogP contribution in [0.2, 0.25) is 5.02 Å². The molecule has 0 aliphatic rings. The number of nitrogens with zero attached hydrogens (tertiary/aromatic N) is 1. The molecule has 1 aromatic carbocycles. The number of aromatic nitrogens is 1. The van der Waals surface area contributed by atoms with E-state index in [0.717, 1.165) is 32.0 Å². The summed E-state index contributed by atoms with van der Waals surface area (Å²) in [7, 11) is 0. The molecule has 0 radical (unpaired) electrons. The zero-order chi connectivity index (χ0) is 14.7. The first-order chi connectivity index (χ1) is 9.51. The van der Waals surface area contributed by atoms with Crippen LogP contribution in [0.3, 0.4) is 0 Å². The molecule has 0 aliphatic heterocycles. The topological polar surface area (TPSA) is 50.9 Å². The molecular weight excluding hydrogens is 338 g/mol. The minimum absolute atomic E-state index is 0.0122. The first-order valence-corrected chi connectivity index (χ1v) is 7.52. The number of pyridine rings is 1. The zero-order valence-electron chi connectivity index (χ0n) is 11.5. The molecule has 106 valence electrons. The van der Waals surface area contributed by atoms with E-state index >= 15 is 0 Å². The number of hydrogen-bond donors (Lipinski definition) is 2. The van der Waals surface area contributed by atoms with Crippen LogP contribution in [0.15, 0.2) is 34.8 Å². The first kappa shape index (κ1) is 15.4. The Morgan fingerprint density at radius 1 is 1.30 bits per heavy atom. The summed E-state index contributed by atoms with van der Waals surface area (Å²) in [5, 5.41) is 0.734. The number of hydrogen-bond acceptors (Lipinski definition) is 3. The molecule has 0 saturated carbocycles. The number of aryl methyl sites for hydroxylation is 2. The average Bonchev–Trinajstić information content (AvgIpc) is 2.39. The zero-order valence-corrected chi connectivity index (χ0v) is 13.8. The molecule has 0 spiro atoms. The molecule has 1 heterocycles. The second kappa shape index (κ2) is 6.68. The number of halogens is 2. The van der Waals surface area contributed by atoms with Gasteiger partial charge in [-0.25, -0.2) is 0 Å². The maximum absolute atomic E-state index is 6.27. The molecule has 2 rings (SSSR count). The SMILES string of the molecule is Cc1ccc(C(Cc2ccc(Br)cc2Cl)NN)c(C)n1. The van der Waals surface area contributed by atoms with Gasteiger partial charge in [0.2, 0.25) is 0 Å². The third-order valence-corrected chi connectivity index (χ3v) is 4.13. The van der Waals surface area contributed by atoms with Crippen molar-refractivity contribution in [3.8, 4) is 0 Å². The van der Waals surface area contributed by atoms with Crippen LogP contribution in [0, 0.1) is 13.8 Å². The van der Waals surface area contributed by atoms with Gasteiger partial charge >= 0.3 is 0 Å². The molecule has 1 unspecified atom stereocenters. The standard InChI is InChI=1S/C15H17BrClN3/c1-9-3-6-13(10(2)19-9)15(20-18)7-11-4-5-12(16)8-14(11)17/h3-6,8,15,20H,7,18H2,1-2H3. The summed E-state index contributed by atoms with van der Waals surface area (Å²) in [6.07, 6.45) is 0.716. The van der Waals surface area contributed by atoms with Crippen LogP contribution in [-0.4, -0.2) is 4.98 Å². The van der Waals surface area contributed by atoms with Crippen LogP contribution >= 0.6 is 27.5 Å². The summed E-state index contributed by atoms with van der Waals surface area (Å²) in [4.78, 5) is 4.48. The van der Waals surface area contributed by atoms with Gasteiger partial charge in [-0.3, -0.25) is 16.3 Å². The summed E-state index contributed by atoms with van der Waals surface area (Å²) < 4.78 is 0.969. The smallest absolute Gasteiger partial charge is 0.0518 e. The van der Waals surface area contributed by atoms with Crippen molar-refractivity contribution in [1.29, 1.82) is 0 Å². The summed E-state index contributed by atoms with van der Waals surface area (Å²) in [6, 6.07) is 9.93. The number of nitrogens with one attached hydrogen (secondary N) is 1. The van der Waals surface area contributed by atoms with Gasteiger partial charge in [-0.15, -0.1) is 0 Å². The quantitative estimate of drug-likeness (QED) is 0.647. The summed E-state index contributed by atoms with van der Waals surface area (Å²) >= 11 is 9.68. The van der Waals surface area contributed by atoms with Gasteiger partial charge in [-0.1, -0.05) is 39.7 Å². The molecule has 1 aromatic heterocycles. The maximum atomic E-state index is 6.27. The van der Waals surface area contributed by atoms with E-state index < -0.39 is 0 Å². The highest BCUT2D eigenvalue weighted by Crippen LogP contribution is 2.27. The predicted octanol–water partition coefficient (Wildman–Crippen LogP) is 3.86. The van der Waals surface area contributed by atoms with Gasteiger partial charge in [0.05, 0.1) is 6.04 Å². The van der Waals surface area contributed by atoms with Crippen molar-refractivity contribution in [3.05, 3.63) is 62.3 Å². The van der Waals surface area contributed by atoms with E-state index in [1.54, 1.807) is 0 Å². The normalized spacial score (nSPS) is 12.4. The lowest BCUT2D eigenvalue weighted by molar-refractivity contribution is 0.547. The molecule has 0 aliphatic carbocycles. The minimum Gasteiger partial charge on any atom is -0.271 e. The molecule has 0 saturated heterocycles. The number of hydrazine groups is 1. The molecule has 1 atom stereocenters. The van der Waals surface area contributed by atoms with Crippen molar-refractivity contribution < 1.29 is 0 Å². The maximum Gasteiger partial charge on any atom is 0.0518 e. The van der Waals surface area contributed by atoms with Crippen LogP contribution in [0.25, 0.3) is 0 Å². The largest absolute Gasteiger partial charge is 0.271 e. The van der Waals surface area contributed by atoms with E-state index in [0.29, 0.717) is 6.42 Å². The first-order valence-electron chi connectivity index (χ1n) is 6.35. The van der Waals surface area contributed by atoms with Crippen LogP contribution in [0.5, 0.6) is 0 Å². The Hall–Kier alpha value is -0.940. The molecule has 2 aromatic rings. The van der Waals surface area contributed by atoms with Crippen molar-refractivity contribution in [3.63, 3.8) is 0 Å². The van der Waals surface area contributed by atoms with Crippen LogP contribution in [-0.2, 0) is 6.42 Å². The predicted molar refractivity (Wildman–Crippen MR) is 86.6 cm³/mol. The van der Waals surface area contributed by atoms with E-state index in [-0.39, 0.29) is 6.04 Å². The average molecular weight is 355 g/mol. The molecule has 0 bridgehead atoms. The molecule has 5 heteroatoms. The van der Waals surface area contributed by atoms with Crippen LogP contribution in [0.1, 0.15) is 28.6 Å². The van der Waals surface area contributed by atoms with Crippen molar-refractivity contribution in [2.24, 2.45) is 5.84 Å². The van der Waals surface area contributed by atoms with Gasteiger partial charge in [-0.05, 0) is 49.6 Å². The third-order valence-electron chi connectivity index (χ3n) is 3.28. The Morgan fingerprint density at radius 2 is 2.05 bits per heavy atom. The van der Waals surface area contributed by atoms with E-state index in [2.05, 4.69) is 32.4 Å². The highest BCUT2D eigenvalue weighted by Gasteiger charge is 2.15. The van der Waals surface area contributed by atoms with Crippen LogP contribution < -0.4 is 11.3 Å². The second-order valence-corrected chi connectivity index (χ2v) is 6.11.